The molecule has 4 nitrogen and oxygen atoms in total. The molecule has 134 valence electrons. The van der Waals surface area contributed by atoms with Crippen molar-refractivity contribution < 1.29 is 9.47 Å². The minimum absolute atomic E-state index is 0.742. The Hall–Kier alpha value is -2.27. The van der Waals surface area contributed by atoms with E-state index in [1.165, 1.54) is 11.1 Å². The van der Waals surface area contributed by atoms with Gasteiger partial charge in [0.05, 0.1) is 14.2 Å². The van der Waals surface area contributed by atoms with Gasteiger partial charge in [0, 0.05) is 18.8 Å². The molecule has 0 heterocycles. The maximum absolute atomic E-state index is 5.57. The Bertz CT molecular complexity index is 719. The third kappa shape index (κ3) is 5.10. The lowest BCUT2D eigenvalue weighted by Crippen LogP contribution is -2.40. The summed E-state index contributed by atoms with van der Waals surface area (Å²) in [5.41, 5.74) is 3.52. The SMILES string of the molecule is CCN(C(=S)NCCc1ccc(OC)c(OC)c1)c1cccc(C)c1. The van der Waals surface area contributed by atoms with E-state index >= 15 is 0 Å². The van der Waals surface area contributed by atoms with Crippen molar-refractivity contribution >= 4 is 23.0 Å². The van der Waals surface area contributed by atoms with E-state index in [2.05, 4.69) is 48.3 Å². The molecule has 0 radical (unpaired) electrons. The van der Waals surface area contributed by atoms with E-state index in [9.17, 15) is 0 Å². The Morgan fingerprint density at radius 2 is 1.84 bits per heavy atom. The number of nitrogens with zero attached hydrogens (tertiary/aromatic N) is 1. The second-order valence-electron chi connectivity index (χ2n) is 5.75. The van der Waals surface area contributed by atoms with Crippen LogP contribution in [0.4, 0.5) is 5.69 Å². The fourth-order valence-corrected chi connectivity index (χ4v) is 3.02. The molecule has 0 saturated heterocycles. The number of nitrogens with one attached hydrogen (secondary N) is 1. The molecule has 0 unspecified atom stereocenters. The van der Waals surface area contributed by atoms with Crippen molar-refractivity contribution in [3.05, 3.63) is 53.6 Å². The van der Waals surface area contributed by atoms with Gasteiger partial charge in [-0.05, 0) is 67.9 Å². The maximum atomic E-state index is 5.57. The van der Waals surface area contributed by atoms with Crippen LogP contribution in [-0.4, -0.2) is 32.4 Å². The highest BCUT2D eigenvalue weighted by atomic mass is 32.1. The first-order chi connectivity index (χ1) is 12.1. The van der Waals surface area contributed by atoms with E-state index in [-0.39, 0.29) is 0 Å². The first-order valence-corrected chi connectivity index (χ1v) is 8.82. The van der Waals surface area contributed by atoms with Crippen molar-refractivity contribution in [3.8, 4) is 11.5 Å². The van der Waals surface area contributed by atoms with Crippen LogP contribution >= 0.6 is 12.2 Å². The summed E-state index contributed by atoms with van der Waals surface area (Å²) in [4.78, 5) is 2.11. The zero-order valence-electron chi connectivity index (χ0n) is 15.3. The summed E-state index contributed by atoms with van der Waals surface area (Å²) >= 11 is 5.57. The van der Waals surface area contributed by atoms with Gasteiger partial charge in [0.25, 0.3) is 0 Å². The van der Waals surface area contributed by atoms with Crippen LogP contribution < -0.4 is 19.7 Å². The standard InChI is InChI=1S/C20H26N2O2S/c1-5-22(17-8-6-7-15(2)13-17)20(25)21-12-11-16-9-10-18(23-3)19(14-16)24-4/h6-10,13-14H,5,11-12H2,1-4H3,(H,21,25). The highest BCUT2D eigenvalue weighted by Gasteiger charge is 2.10. The van der Waals surface area contributed by atoms with Crippen molar-refractivity contribution in [1.29, 1.82) is 0 Å². The average Bonchev–Trinajstić information content (AvgIpc) is 2.62. The molecule has 1 N–H and O–H groups in total. The Kier molecular flexibility index (Phi) is 7.07. The molecule has 25 heavy (non-hydrogen) atoms. The quantitative estimate of drug-likeness (QED) is 0.758. The van der Waals surface area contributed by atoms with Crippen LogP contribution in [0.5, 0.6) is 11.5 Å². The van der Waals surface area contributed by atoms with Crippen LogP contribution in [0.15, 0.2) is 42.5 Å². The van der Waals surface area contributed by atoms with Gasteiger partial charge in [0.2, 0.25) is 0 Å². The van der Waals surface area contributed by atoms with Gasteiger partial charge in [0.1, 0.15) is 0 Å². The number of rotatable bonds is 7. The highest BCUT2D eigenvalue weighted by molar-refractivity contribution is 7.80. The Morgan fingerprint density at radius 1 is 1.08 bits per heavy atom. The molecule has 0 atom stereocenters. The zero-order valence-corrected chi connectivity index (χ0v) is 16.2. The van der Waals surface area contributed by atoms with E-state index in [1.807, 2.05) is 18.2 Å². The van der Waals surface area contributed by atoms with Gasteiger partial charge in [-0.1, -0.05) is 18.2 Å². The molecule has 0 aliphatic carbocycles. The molecule has 0 saturated carbocycles. The number of benzene rings is 2. The summed E-state index contributed by atoms with van der Waals surface area (Å²) in [6.07, 6.45) is 0.853. The van der Waals surface area contributed by atoms with Gasteiger partial charge in [-0.3, -0.25) is 0 Å². The molecule has 2 rings (SSSR count). The monoisotopic (exact) mass is 358 g/mol. The fourth-order valence-electron chi connectivity index (χ4n) is 2.68. The average molecular weight is 359 g/mol. The summed E-state index contributed by atoms with van der Waals surface area (Å²) in [6, 6.07) is 14.3. The normalized spacial score (nSPS) is 10.2. The third-order valence-corrected chi connectivity index (χ3v) is 4.38. The number of hydrogen-bond donors (Lipinski definition) is 1. The number of anilines is 1. The molecule has 0 aliphatic heterocycles. The largest absolute Gasteiger partial charge is 0.493 e. The van der Waals surface area contributed by atoms with Crippen molar-refractivity contribution in [2.45, 2.75) is 20.3 Å². The summed E-state index contributed by atoms with van der Waals surface area (Å²) in [5, 5.41) is 4.10. The van der Waals surface area contributed by atoms with Gasteiger partial charge in [-0.25, -0.2) is 0 Å². The van der Waals surface area contributed by atoms with Gasteiger partial charge in [-0.15, -0.1) is 0 Å². The third-order valence-electron chi connectivity index (χ3n) is 4.01. The van der Waals surface area contributed by atoms with Crippen LogP contribution in [0.25, 0.3) is 0 Å². The predicted octanol–water partition coefficient (Wildman–Crippen LogP) is 3.96. The van der Waals surface area contributed by atoms with Gasteiger partial charge >= 0.3 is 0 Å². The van der Waals surface area contributed by atoms with E-state index < -0.39 is 0 Å². The van der Waals surface area contributed by atoms with Crippen LogP contribution in [0.1, 0.15) is 18.1 Å². The van der Waals surface area contributed by atoms with Gasteiger partial charge in [0.15, 0.2) is 16.6 Å². The topological polar surface area (TPSA) is 33.7 Å². The first kappa shape index (κ1) is 19.1. The highest BCUT2D eigenvalue weighted by Crippen LogP contribution is 2.27. The van der Waals surface area contributed by atoms with Crippen LogP contribution in [-0.2, 0) is 6.42 Å². The number of methoxy groups -OCH3 is 2. The van der Waals surface area contributed by atoms with Crippen molar-refractivity contribution in [2.75, 3.05) is 32.2 Å². The molecule has 0 aliphatic rings. The Morgan fingerprint density at radius 3 is 2.48 bits per heavy atom. The second-order valence-corrected chi connectivity index (χ2v) is 6.14. The summed E-state index contributed by atoms with van der Waals surface area (Å²) < 4.78 is 10.6. The first-order valence-electron chi connectivity index (χ1n) is 8.42. The van der Waals surface area contributed by atoms with E-state index in [0.717, 1.165) is 41.8 Å². The number of hydrogen-bond acceptors (Lipinski definition) is 3. The summed E-state index contributed by atoms with van der Waals surface area (Å²) in [7, 11) is 3.29. The predicted molar refractivity (Wildman–Crippen MR) is 108 cm³/mol. The lowest BCUT2D eigenvalue weighted by molar-refractivity contribution is 0.354. The van der Waals surface area contributed by atoms with E-state index in [4.69, 9.17) is 21.7 Å². The molecule has 5 heteroatoms. The smallest absolute Gasteiger partial charge is 0.173 e. The molecule has 0 aromatic heterocycles. The number of ether oxygens (including phenoxy) is 2. The lowest BCUT2D eigenvalue weighted by Gasteiger charge is -2.25. The number of thiocarbonyl (C=S) groups is 1. The molecular weight excluding hydrogens is 332 g/mol. The van der Waals surface area contributed by atoms with Crippen LogP contribution in [0, 0.1) is 6.92 Å². The minimum Gasteiger partial charge on any atom is -0.493 e. The minimum atomic E-state index is 0.742. The molecular formula is C20H26N2O2S. The maximum Gasteiger partial charge on any atom is 0.173 e. The molecule has 0 fully saturated rings. The van der Waals surface area contributed by atoms with Gasteiger partial charge < -0.3 is 19.7 Å². The fraction of sp³-hybridized carbons (Fsp3) is 0.350. The Balaban J connectivity index is 1.95. The molecule has 2 aromatic rings. The Labute approximate surface area is 155 Å². The van der Waals surface area contributed by atoms with Crippen molar-refractivity contribution in [2.24, 2.45) is 0 Å². The molecule has 0 amide bonds. The van der Waals surface area contributed by atoms with Gasteiger partial charge in [-0.2, -0.15) is 0 Å². The second kappa shape index (κ2) is 9.28. The molecule has 0 spiro atoms. The van der Waals surface area contributed by atoms with Crippen molar-refractivity contribution in [3.63, 3.8) is 0 Å². The molecule has 0 bridgehead atoms. The van der Waals surface area contributed by atoms with E-state index in [1.54, 1.807) is 14.2 Å². The lowest BCUT2D eigenvalue weighted by atomic mass is 10.1. The van der Waals surface area contributed by atoms with E-state index in [0.29, 0.717) is 0 Å². The number of aryl methyl sites for hydroxylation is 1. The molecule has 2 aromatic carbocycles. The zero-order chi connectivity index (χ0) is 18.2. The summed E-state index contributed by atoms with van der Waals surface area (Å²) in [5.74, 6) is 1.49. The van der Waals surface area contributed by atoms with Crippen molar-refractivity contribution in [1.82, 2.24) is 5.32 Å². The summed E-state index contributed by atoms with van der Waals surface area (Å²) in [6.45, 7) is 5.78. The van der Waals surface area contributed by atoms with Crippen LogP contribution in [0.2, 0.25) is 0 Å². The van der Waals surface area contributed by atoms with Crippen LogP contribution in [0.3, 0.4) is 0 Å².